The largest absolute Gasteiger partial charge is 0.490 e. The summed E-state index contributed by atoms with van der Waals surface area (Å²) in [5.41, 5.74) is 2.15. The molecule has 7 nitrogen and oxygen atoms in total. The maximum atomic E-state index is 15.4. The number of carbonyl (C=O) groups is 1. The lowest BCUT2D eigenvalue weighted by atomic mass is 9.67. The fourth-order valence-electron chi connectivity index (χ4n) is 8.16. The molecule has 6 rings (SSSR count). The molecule has 1 saturated carbocycles. The van der Waals surface area contributed by atoms with Crippen LogP contribution < -0.4 is 14.4 Å². The highest BCUT2D eigenvalue weighted by molar-refractivity contribution is 7.90. The van der Waals surface area contributed by atoms with Crippen LogP contribution in [0.1, 0.15) is 74.9 Å². The zero-order valence-corrected chi connectivity index (χ0v) is 28.6. The minimum absolute atomic E-state index is 0.0834. The molecule has 2 bridgehead atoms. The Kier molecular flexibility index (Phi) is 8.95. The molecule has 1 unspecified atom stereocenters. The van der Waals surface area contributed by atoms with E-state index < -0.39 is 43.3 Å². The summed E-state index contributed by atoms with van der Waals surface area (Å²) in [6, 6.07) is 6.30. The van der Waals surface area contributed by atoms with Gasteiger partial charge >= 0.3 is 0 Å². The van der Waals surface area contributed by atoms with Crippen LogP contribution >= 0.6 is 11.6 Å². The van der Waals surface area contributed by atoms with Crippen LogP contribution in [0.3, 0.4) is 0 Å². The SMILES string of the molecule is CO[C@H]1/C(C)=C/C(C)[C@H](C)[C@@H](C)S(=O)(=O)NC(=O)c2ccc3c(c2)N(C[C@@H]2CC[C@H]21)C[C@@]1(CCCc2c1cc(F)c(Cl)c2F)CO3. The van der Waals surface area contributed by atoms with E-state index >= 15 is 4.39 Å². The van der Waals surface area contributed by atoms with Gasteiger partial charge in [0, 0.05) is 31.2 Å². The van der Waals surface area contributed by atoms with E-state index in [0.29, 0.717) is 54.9 Å². The molecule has 2 heterocycles. The summed E-state index contributed by atoms with van der Waals surface area (Å²) in [7, 11) is -2.29. The Hall–Kier alpha value is -2.69. The number of nitrogens with zero attached hydrogens (tertiary/aromatic N) is 1. The normalized spacial score (nSPS) is 33.8. The topological polar surface area (TPSA) is 84.9 Å². The van der Waals surface area contributed by atoms with Crippen molar-refractivity contribution in [2.45, 2.75) is 76.6 Å². The molecule has 1 N–H and O–H groups in total. The minimum Gasteiger partial charge on any atom is -0.490 e. The van der Waals surface area contributed by atoms with E-state index in [0.717, 1.165) is 18.4 Å². The molecule has 0 radical (unpaired) electrons. The van der Waals surface area contributed by atoms with Crippen molar-refractivity contribution in [1.29, 1.82) is 0 Å². The van der Waals surface area contributed by atoms with Crippen LogP contribution in [0.5, 0.6) is 5.75 Å². The van der Waals surface area contributed by atoms with Gasteiger partial charge < -0.3 is 14.4 Å². The molecule has 1 amide bonds. The lowest BCUT2D eigenvalue weighted by molar-refractivity contribution is 0.00591. The zero-order chi connectivity index (χ0) is 33.1. The highest BCUT2D eigenvalue weighted by Gasteiger charge is 2.46. The molecule has 1 fully saturated rings. The number of carbonyl (C=O) groups excluding carboxylic acids is 1. The highest BCUT2D eigenvalue weighted by atomic mass is 35.5. The standard InChI is InChI=1S/C35H43ClF2N2O5S/c1-19-13-20(2)33(44-5)25-10-8-24(25)16-40-17-35(12-6-7-26-27(35)15-28(37)31(36)32(26)38)18-45-30-11-9-23(14-29(30)40)34(41)39-46(42,43)22(4)21(19)3/h9,11,13-15,19,21-22,24-25,33H,6-8,10,12,16-18H2,1-5H3,(H,39,41)/b20-13+/t19?,21-,22+,24-,25+,33-,35-/m0/s1. The predicted molar refractivity (Wildman–Crippen MR) is 175 cm³/mol. The molecule has 0 aromatic heterocycles. The monoisotopic (exact) mass is 676 g/mol. The average Bonchev–Trinajstić information content (AvgIpc) is 3.16. The quantitative estimate of drug-likeness (QED) is 0.264. The lowest BCUT2D eigenvalue weighted by Crippen LogP contribution is -2.50. The molecular formula is C35H43ClF2N2O5S. The second-order valence-electron chi connectivity index (χ2n) is 14.0. The summed E-state index contributed by atoms with van der Waals surface area (Å²) in [4.78, 5) is 15.7. The van der Waals surface area contributed by atoms with E-state index in [-0.39, 0.29) is 41.9 Å². The van der Waals surface area contributed by atoms with Crippen LogP contribution in [0, 0.1) is 35.3 Å². The molecule has 2 aliphatic heterocycles. The number of anilines is 1. The number of amides is 1. The molecular weight excluding hydrogens is 634 g/mol. The molecule has 2 aliphatic carbocycles. The van der Waals surface area contributed by atoms with Crippen molar-refractivity contribution in [2.75, 3.05) is 31.7 Å². The van der Waals surface area contributed by atoms with Crippen molar-refractivity contribution >= 4 is 33.2 Å². The van der Waals surface area contributed by atoms with E-state index in [1.54, 1.807) is 32.2 Å². The third-order valence-corrected chi connectivity index (χ3v) is 13.5. The van der Waals surface area contributed by atoms with Gasteiger partial charge in [0.15, 0.2) is 0 Å². The molecule has 46 heavy (non-hydrogen) atoms. The first-order valence-electron chi connectivity index (χ1n) is 16.2. The van der Waals surface area contributed by atoms with E-state index in [2.05, 4.69) is 15.7 Å². The van der Waals surface area contributed by atoms with Crippen molar-refractivity contribution in [3.63, 3.8) is 0 Å². The molecule has 250 valence electrons. The van der Waals surface area contributed by atoms with Crippen LogP contribution in [-0.2, 0) is 26.6 Å². The first-order chi connectivity index (χ1) is 21.8. The second-order valence-corrected chi connectivity index (χ2v) is 16.4. The number of rotatable bonds is 1. The highest BCUT2D eigenvalue weighted by Crippen LogP contribution is 2.48. The maximum Gasteiger partial charge on any atom is 0.264 e. The number of benzene rings is 2. The van der Waals surface area contributed by atoms with E-state index in [9.17, 15) is 17.6 Å². The molecule has 11 heteroatoms. The van der Waals surface area contributed by atoms with Gasteiger partial charge in [-0.3, -0.25) is 4.79 Å². The molecule has 7 atom stereocenters. The number of sulfonamides is 1. The number of allylic oxidation sites excluding steroid dienone is 1. The predicted octanol–water partition coefficient (Wildman–Crippen LogP) is 6.81. The Balaban J connectivity index is 1.47. The lowest BCUT2D eigenvalue weighted by Gasteiger charge is -2.46. The van der Waals surface area contributed by atoms with Gasteiger partial charge in [-0.05, 0) is 111 Å². The number of methoxy groups -OCH3 is 1. The summed E-state index contributed by atoms with van der Waals surface area (Å²) < 4.78 is 72.0. The Morgan fingerprint density at radius 2 is 1.91 bits per heavy atom. The Morgan fingerprint density at radius 1 is 1.15 bits per heavy atom. The summed E-state index contributed by atoms with van der Waals surface area (Å²) in [5.74, 6) is -1.57. The number of hydrogen-bond donors (Lipinski definition) is 1. The van der Waals surface area contributed by atoms with Gasteiger partial charge in [0.25, 0.3) is 5.91 Å². The second kappa shape index (κ2) is 12.4. The Morgan fingerprint density at radius 3 is 2.61 bits per heavy atom. The van der Waals surface area contributed by atoms with Crippen LogP contribution in [0.15, 0.2) is 35.9 Å². The molecule has 4 aliphatic rings. The zero-order valence-electron chi connectivity index (χ0n) is 27.0. The van der Waals surface area contributed by atoms with Gasteiger partial charge in [0.2, 0.25) is 10.0 Å². The van der Waals surface area contributed by atoms with Gasteiger partial charge in [-0.15, -0.1) is 0 Å². The van der Waals surface area contributed by atoms with E-state index in [1.165, 1.54) is 6.07 Å². The fraction of sp³-hybridized carbons (Fsp3) is 0.571. The average molecular weight is 677 g/mol. The van der Waals surface area contributed by atoms with Gasteiger partial charge in [-0.1, -0.05) is 31.5 Å². The first-order valence-corrected chi connectivity index (χ1v) is 18.1. The third kappa shape index (κ3) is 5.72. The van der Waals surface area contributed by atoms with Crippen LogP contribution in [0.4, 0.5) is 14.5 Å². The van der Waals surface area contributed by atoms with Gasteiger partial charge in [-0.25, -0.2) is 21.9 Å². The number of halogens is 3. The van der Waals surface area contributed by atoms with Gasteiger partial charge in [-0.2, -0.15) is 0 Å². The first kappa shape index (κ1) is 33.2. The van der Waals surface area contributed by atoms with Crippen molar-refractivity contribution in [3.8, 4) is 5.75 Å². The summed E-state index contributed by atoms with van der Waals surface area (Å²) in [6.45, 7) is 8.76. The van der Waals surface area contributed by atoms with Crippen molar-refractivity contribution in [1.82, 2.24) is 4.72 Å². The summed E-state index contributed by atoms with van der Waals surface area (Å²) in [5, 5.41) is -1.32. The Labute approximate surface area is 275 Å². The van der Waals surface area contributed by atoms with Gasteiger partial charge in [0.1, 0.15) is 22.4 Å². The fourth-order valence-corrected chi connectivity index (χ4v) is 9.70. The maximum absolute atomic E-state index is 15.4. The molecule has 2 aromatic rings. The van der Waals surface area contributed by atoms with E-state index in [4.69, 9.17) is 21.1 Å². The van der Waals surface area contributed by atoms with Crippen LogP contribution in [0.25, 0.3) is 0 Å². The van der Waals surface area contributed by atoms with Gasteiger partial charge in [0.05, 0.1) is 23.6 Å². The number of hydrogen-bond acceptors (Lipinski definition) is 6. The molecule has 1 spiro atoms. The number of fused-ring (bicyclic) bond motifs is 4. The number of ether oxygens (including phenoxy) is 2. The minimum atomic E-state index is -4.01. The van der Waals surface area contributed by atoms with Crippen molar-refractivity contribution in [3.05, 3.63) is 69.3 Å². The number of nitrogens with one attached hydrogen (secondary N) is 1. The summed E-state index contributed by atoms with van der Waals surface area (Å²) >= 11 is 6.01. The molecule has 0 saturated heterocycles. The third-order valence-electron chi connectivity index (χ3n) is 11.3. The van der Waals surface area contributed by atoms with E-state index in [1.807, 2.05) is 20.8 Å². The Bertz CT molecular complexity index is 1680. The smallest absolute Gasteiger partial charge is 0.264 e. The van der Waals surface area contributed by atoms with Crippen molar-refractivity contribution in [2.24, 2.45) is 23.7 Å². The molecule has 2 aromatic carbocycles. The van der Waals surface area contributed by atoms with Crippen LogP contribution in [-0.4, -0.2) is 52.5 Å². The summed E-state index contributed by atoms with van der Waals surface area (Å²) in [6.07, 6.45) is 5.71. The van der Waals surface area contributed by atoms with Crippen LogP contribution in [0.2, 0.25) is 5.02 Å². The van der Waals surface area contributed by atoms with Crippen molar-refractivity contribution < 1.29 is 31.5 Å².